The molecule has 2 heterocycles. The molecule has 0 fully saturated rings. The zero-order valence-electron chi connectivity index (χ0n) is 11.4. The molecule has 6 heteroatoms. The Morgan fingerprint density at radius 2 is 2.30 bits per heavy atom. The normalized spacial score (nSPS) is 10.5. The molecule has 6 nitrogen and oxygen atoms in total. The highest BCUT2D eigenvalue weighted by atomic mass is 16.3. The number of nitrogens with one attached hydrogen (secondary N) is 1. The fourth-order valence-corrected chi connectivity index (χ4v) is 1.96. The fraction of sp³-hybridized carbons (Fsp3) is 0.357. The summed E-state index contributed by atoms with van der Waals surface area (Å²) in [6.45, 7) is 2.49. The first-order valence-electron chi connectivity index (χ1n) is 6.65. The van der Waals surface area contributed by atoms with Crippen LogP contribution in [-0.2, 0) is 6.42 Å². The number of rotatable bonds is 6. The summed E-state index contributed by atoms with van der Waals surface area (Å²) in [5.74, 6) is 0.524. The van der Waals surface area contributed by atoms with Crippen LogP contribution in [0.25, 0.3) is 5.82 Å². The Labute approximate surface area is 117 Å². The fourth-order valence-electron chi connectivity index (χ4n) is 1.96. The van der Waals surface area contributed by atoms with Gasteiger partial charge in [0.1, 0.15) is 0 Å². The summed E-state index contributed by atoms with van der Waals surface area (Å²) in [6, 6.07) is 5.56. The monoisotopic (exact) mass is 274 g/mol. The van der Waals surface area contributed by atoms with Gasteiger partial charge < -0.3 is 10.4 Å². The molecule has 0 aromatic carbocycles. The van der Waals surface area contributed by atoms with Crippen molar-refractivity contribution in [3.8, 4) is 5.82 Å². The van der Waals surface area contributed by atoms with Crippen molar-refractivity contribution >= 4 is 5.91 Å². The number of nitrogens with zero attached hydrogens (tertiary/aromatic N) is 3. The van der Waals surface area contributed by atoms with E-state index in [-0.39, 0.29) is 12.5 Å². The zero-order valence-corrected chi connectivity index (χ0v) is 11.4. The molecule has 0 saturated heterocycles. The lowest BCUT2D eigenvalue weighted by Gasteiger charge is -2.07. The maximum absolute atomic E-state index is 12.1. The molecular weight excluding hydrogens is 256 g/mol. The molecule has 106 valence electrons. The van der Waals surface area contributed by atoms with Crippen LogP contribution in [0.4, 0.5) is 0 Å². The Morgan fingerprint density at radius 3 is 2.95 bits per heavy atom. The van der Waals surface area contributed by atoms with E-state index in [1.165, 1.54) is 0 Å². The molecule has 0 spiro atoms. The predicted molar refractivity (Wildman–Crippen MR) is 74.8 cm³/mol. The molecule has 0 atom stereocenters. The average Bonchev–Trinajstić information content (AvgIpc) is 2.92. The van der Waals surface area contributed by atoms with Gasteiger partial charge in [0.2, 0.25) is 0 Å². The van der Waals surface area contributed by atoms with Gasteiger partial charge in [-0.15, -0.1) is 0 Å². The second-order valence-electron chi connectivity index (χ2n) is 4.29. The molecular formula is C14H18N4O2. The molecule has 2 N–H and O–H groups in total. The predicted octanol–water partition coefficient (Wildman–Crippen LogP) is 0.942. The van der Waals surface area contributed by atoms with Gasteiger partial charge in [-0.05, 0) is 25.0 Å². The topological polar surface area (TPSA) is 80.0 Å². The summed E-state index contributed by atoms with van der Waals surface area (Å²) >= 11 is 0. The lowest BCUT2D eigenvalue weighted by Crippen LogP contribution is -2.25. The van der Waals surface area contributed by atoms with E-state index in [4.69, 9.17) is 5.11 Å². The van der Waals surface area contributed by atoms with Gasteiger partial charge >= 0.3 is 0 Å². The summed E-state index contributed by atoms with van der Waals surface area (Å²) in [7, 11) is 0. The van der Waals surface area contributed by atoms with Gasteiger partial charge in [0.05, 0.1) is 17.5 Å². The van der Waals surface area contributed by atoms with Crippen LogP contribution in [0, 0.1) is 0 Å². The molecule has 0 aliphatic rings. The van der Waals surface area contributed by atoms with Gasteiger partial charge in [-0.2, -0.15) is 5.10 Å². The maximum atomic E-state index is 12.1. The van der Waals surface area contributed by atoms with E-state index in [2.05, 4.69) is 15.4 Å². The number of aliphatic hydroxyl groups excluding tert-OH is 1. The largest absolute Gasteiger partial charge is 0.396 e. The lowest BCUT2D eigenvalue weighted by molar-refractivity contribution is 0.0950. The average molecular weight is 274 g/mol. The number of carbonyl (C=O) groups is 1. The number of aliphatic hydroxyl groups is 1. The second-order valence-corrected chi connectivity index (χ2v) is 4.29. The summed E-state index contributed by atoms with van der Waals surface area (Å²) in [5, 5.41) is 15.7. The molecule has 0 unspecified atom stereocenters. The van der Waals surface area contributed by atoms with Crippen LogP contribution in [0.3, 0.4) is 0 Å². The van der Waals surface area contributed by atoms with E-state index >= 15 is 0 Å². The SMILES string of the molecule is CCc1c(C(=O)NCCCO)cnn1-c1ccccn1. The van der Waals surface area contributed by atoms with Crippen molar-refractivity contribution in [1.82, 2.24) is 20.1 Å². The van der Waals surface area contributed by atoms with Crippen molar-refractivity contribution < 1.29 is 9.90 Å². The standard InChI is InChI=1S/C14H18N4O2/c1-2-12-11(14(20)16-8-5-9-19)10-17-18(12)13-6-3-4-7-15-13/h3-4,6-7,10,19H,2,5,8-9H2,1H3,(H,16,20). The zero-order chi connectivity index (χ0) is 14.4. The van der Waals surface area contributed by atoms with E-state index in [1.807, 2.05) is 25.1 Å². The minimum atomic E-state index is -0.169. The van der Waals surface area contributed by atoms with Crippen LogP contribution in [0.5, 0.6) is 0 Å². The second kappa shape index (κ2) is 6.81. The van der Waals surface area contributed by atoms with Gasteiger partial charge in [-0.3, -0.25) is 4.79 Å². The van der Waals surface area contributed by atoms with Crippen molar-refractivity contribution in [3.05, 3.63) is 41.9 Å². The van der Waals surface area contributed by atoms with Crippen LogP contribution >= 0.6 is 0 Å². The van der Waals surface area contributed by atoms with Crippen LogP contribution in [0.15, 0.2) is 30.6 Å². The van der Waals surface area contributed by atoms with E-state index in [1.54, 1.807) is 17.1 Å². The molecule has 2 aromatic heterocycles. The van der Waals surface area contributed by atoms with Crippen molar-refractivity contribution in [2.75, 3.05) is 13.2 Å². The smallest absolute Gasteiger partial charge is 0.254 e. The summed E-state index contributed by atoms with van der Waals surface area (Å²) in [6.07, 6.45) is 4.47. The van der Waals surface area contributed by atoms with Gasteiger partial charge in [-0.25, -0.2) is 9.67 Å². The Morgan fingerprint density at radius 1 is 1.45 bits per heavy atom. The first-order chi connectivity index (χ1) is 9.77. The molecule has 20 heavy (non-hydrogen) atoms. The van der Waals surface area contributed by atoms with Crippen molar-refractivity contribution in [2.45, 2.75) is 19.8 Å². The van der Waals surface area contributed by atoms with Crippen LogP contribution < -0.4 is 5.32 Å². The highest BCUT2D eigenvalue weighted by Crippen LogP contribution is 2.14. The minimum absolute atomic E-state index is 0.0636. The third-order valence-corrected chi connectivity index (χ3v) is 2.94. The van der Waals surface area contributed by atoms with Crippen molar-refractivity contribution in [2.24, 2.45) is 0 Å². The van der Waals surface area contributed by atoms with E-state index < -0.39 is 0 Å². The molecule has 0 aliphatic carbocycles. The summed E-state index contributed by atoms with van der Waals surface area (Å²) in [5.41, 5.74) is 1.38. The number of hydrogen-bond acceptors (Lipinski definition) is 4. The van der Waals surface area contributed by atoms with Gasteiger partial charge in [0, 0.05) is 19.3 Å². The Kier molecular flexibility index (Phi) is 4.84. The highest BCUT2D eigenvalue weighted by molar-refractivity contribution is 5.95. The number of carbonyl (C=O) groups excluding carboxylic acids is 1. The Hall–Kier alpha value is -2.21. The number of aromatic nitrogens is 3. The molecule has 2 aromatic rings. The van der Waals surface area contributed by atoms with Gasteiger partial charge in [0.25, 0.3) is 5.91 Å². The quantitative estimate of drug-likeness (QED) is 0.768. The van der Waals surface area contributed by atoms with E-state index in [0.29, 0.717) is 30.8 Å². The number of amides is 1. The maximum Gasteiger partial charge on any atom is 0.254 e. The molecule has 1 amide bonds. The van der Waals surface area contributed by atoms with Crippen LogP contribution in [0.1, 0.15) is 29.4 Å². The minimum Gasteiger partial charge on any atom is -0.396 e. The summed E-state index contributed by atoms with van der Waals surface area (Å²) < 4.78 is 1.68. The molecule has 0 radical (unpaired) electrons. The van der Waals surface area contributed by atoms with E-state index in [9.17, 15) is 4.79 Å². The van der Waals surface area contributed by atoms with Gasteiger partial charge in [0.15, 0.2) is 5.82 Å². The molecule has 0 saturated carbocycles. The lowest BCUT2D eigenvalue weighted by atomic mass is 10.2. The number of pyridine rings is 1. The van der Waals surface area contributed by atoms with Crippen molar-refractivity contribution in [1.29, 1.82) is 0 Å². The Bertz CT molecular complexity index is 566. The highest BCUT2D eigenvalue weighted by Gasteiger charge is 2.16. The molecule has 2 rings (SSSR count). The van der Waals surface area contributed by atoms with Gasteiger partial charge in [-0.1, -0.05) is 13.0 Å². The first kappa shape index (κ1) is 14.2. The van der Waals surface area contributed by atoms with Crippen LogP contribution in [-0.4, -0.2) is 38.9 Å². The first-order valence-corrected chi connectivity index (χ1v) is 6.65. The molecule has 0 aliphatic heterocycles. The third kappa shape index (κ3) is 3.03. The number of hydrogen-bond donors (Lipinski definition) is 2. The molecule has 0 bridgehead atoms. The van der Waals surface area contributed by atoms with E-state index in [0.717, 1.165) is 5.69 Å². The van der Waals surface area contributed by atoms with Crippen molar-refractivity contribution in [3.63, 3.8) is 0 Å². The van der Waals surface area contributed by atoms with Crippen LogP contribution in [0.2, 0.25) is 0 Å². The Balaban J connectivity index is 2.24. The third-order valence-electron chi connectivity index (χ3n) is 2.94. The summed E-state index contributed by atoms with van der Waals surface area (Å²) in [4.78, 5) is 16.3.